The van der Waals surface area contributed by atoms with Gasteiger partial charge in [-0.3, -0.25) is 4.79 Å². The first-order valence-electron chi connectivity index (χ1n) is 7.90. The lowest BCUT2D eigenvalue weighted by atomic mass is 9.91. The van der Waals surface area contributed by atoms with E-state index in [4.69, 9.17) is 9.47 Å². The van der Waals surface area contributed by atoms with Gasteiger partial charge in [-0.2, -0.15) is 0 Å². The van der Waals surface area contributed by atoms with E-state index >= 15 is 0 Å². The fourth-order valence-corrected chi connectivity index (χ4v) is 3.08. The van der Waals surface area contributed by atoms with Crippen LogP contribution in [0.25, 0.3) is 0 Å². The van der Waals surface area contributed by atoms with Gasteiger partial charge in [0.2, 0.25) is 13.2 Å². The standard InChI is InChI=1S/C17H18BrNO3.C2H6/c1-4-6-15(19-9-20)12(5-2)11(3)13-7-16-17(8-14(13)18)22-10-21-16;1-2/h4-9,11H,2,10H2,1,3H3,(H,19,20);1-2H3/b6-4-,15-12-;. The van der Waals surface area contributed by atoms with Gasteiger partial charge in [0.1, 0.15) is 0 Å². The molecule has 0 aromatic heterocycles. The lowest BCUT2D eigenvalue weighted by Crippen LogP contribution is -2.13. The molecule has 1 unspecified atom stereocenters. The Bertz CT molecular complexity index is 650. The van der Waals surface area contributed by atoms with E-state index in [0.717, 1.165) is 32.8 Å². The summed E-state index contributed by atoms with van der Waals surface area (Å²) in [5.74, 6) is 1.47. The molecular formula is C19H24BrNO3. The number of ether oxygens (including phenoxy) is 2. The van der Waals surface area contributed by atoms with Gasteiger partial charge in [0.05, 0.1) is 0 Å². The van der Waals surface area contributed by atoms with Crippen molar-refractivity contribution < 1.29 is 14.3 Å². The van der Waals surface area contributed by atoms with Crippen molar-refractivity contribution in [2.24, 2.45) is 0 Å². The molecule has 0 saturated heterocycles. The third-order valence-corrected chi connectivity index (χ3v) is 4.19. The predicted molar refractivity (Wildman–Crippen MR) is 101 cm³/mol. The van der Waals surface area contributed by atoms with E-state index in [1.807, 2.05) is 45.1 Å². The number of rotatable bonds is 6. The molecule has 1 aliphatic heterocycles. The Balaban J connectivity index is 0.00000139. The lowest BCUT2D eigenvalue weighted by Gasteiger charge is -2.18. The summed E-state index contributed by atoms with van der Waals surface area (Å²) in [6.45, 7) is 12.1. The largest absolute Gasteiger partial charge is 0.454 e. The van der Waals surface area contributed by atoms with Crippen molar-refractivity contribution >= 4 is 22.3 Å². The Kier molecular flexibility index (Phi) is 8.33. The van der Waals surface area contributed by atoms with Gasteiger partial charge in [0, 0.05) is 16.1 Å². The molecule has 1 aromatic carbocycles. The Morgan fingerprint density at radius 1 is 1.33 bits per heavy atom. The van der Waals surface area contributed by atoms with Crippen molar-refractivity contribution in [1.29, 1.82) is 0 Å². The second-order valence-corrected chi connectivity index (χ2v) is 5.64. The fourth-order valence-electron chi connectivity index (χ4n) is 2.41. The number of benzene rings is 1. The summed E-state index contributed by atoms with van der Waals surface area (Å²) < 4.78 is 11.7. The van der Waals surface area contributed by atoms with Crippen LogP contribution in [0, 0.1) is 0 Å². The number of amides is 1. The minimum atomic E-state index is 0.0139. The molecule has 130 valence electrons. The summed E-state index contributed by atoms with van der Waals surface area (Å²) in [7, 11) is 0. The second-order valence-electron chi connectivity index (χ2n) is 4.78. The fraction of sp³-hybridized carbons (Fsp3) is 0.316. The van der Waals surface area contributed by atoms with E-state index in [-0.39, 0.29) is 12.7 Å². The maximum absolute atomic E-state index is 10.8. The van der Waals surface area contributed by atoms with Crippen molar-refractivity contribution in [3.05, 3.63) is 58.2 Å². The minimum absolute atomic E-state index is 0.0139. The summed E-state index contributed by atoms with van der Waals surface area (Å²) in [6, 6.07) is 3.85. The number of allylic oxidation sites excluding steroid dienone is 4. The van der Waals surface area contributed by atoms with Crippen molar-refractivity contribution in [2.45, 2.75) is 33.6 Å². The Morgan fingerprint density at radius 2 is 1.96 bits per heavy atom. The molecule has 1 aromatic rings. The molecule has 4 nitrogen and oxygen atoms in total. The van der Waals surface area contributed by atoms with Gasteiger partial charge in [-0.25, -0.2) is 0 Å². The normalized spacial score (nSPS) is 14.4. The molecule has 1 aliphatic rings. The van der Waals surface area contributed by atoms with E-state index in [1.165, 1.54) is 0 Å². The number of hydrogen-bond acceptors (Lipinski definition) is 3. The first kappa shape index (κ1) is 20.0. The number of nitrogens with one attached hydrogen (secondary N) is 1. The van der Waals surface area contributed by atoms with Gasteiger partial charge in [0.15, 0.2) is 11.5 Å². The van der Waals surface area contributed by atoms with Crippen LogP contribution in [-0.2, 0) is 4.79 Å². The Morgan fingerprint density at radius 3 is 2.50 bits per heavy atom. The molecule has 0 fully saturated rings. The summed E-state index contributed by atoms with van der Waals surface area (Å²) in [5.41, 5.74) is 2.68. The molecule has 0 spiro atoms. The van der Waals surface area contributed by atoms with Gasteiger partial charge in [-0.05, 0) is 36.3 Å². The second kappa shape index (κ2) is 9.98. The molecule has 1 amide bonds. The maximum Gasteiger partial charge on any atom is 0.231 e. The molecule has 5 heteroatoms. The SMILES string of the molecule is C=C/C(=C(\C=C/C)NC=O)C(C)c1cc2c(cc1Br)OCO2.CC. The number of halogens is 1. The van der Waals surface area contributed by atoms with Gasteiger partial charge in [0.25, 0.3) is 0 Å². The van der Waals surface area contributed by atoms with Crippen LogP contribution in [-0.4, -0.2) is 13.2 Å². The van der Waals surface area contributed by atoms with Crippen LogP contribution in [0.3, 0.4) is 0 Å². The van der Waals surface area contributed by atoms with E-state index in [0.29, 0.717) is 6.41 Å². The van der Waals surface area contributed by atoms with Crippen LogP contribution in [0.4, 0.5) is 0 Å². The number of carbonyl (C=O) groups excluding carboxylic acids is 1. The zero-order valence-corrected chi connectivity index (χ0v) is 16.1. The summed E-state index contributed by atoms with van der Waals surface area (Å²) in [4.78, 5) is 10.8. The lowest BCUT2D eigenvalue weighted by molar-refractivity contribution is -0.108. The smallest absolute Gasteiger partial charge is 0.231 e. The van der Waals surface area contributed by atoms with E-state index < -0.39 is 0 Å². The number of hydrogen-bond donors (Lipinski definition) is 1. The summed E-state index contributed by atoms with van der Waals surface area (Å²) >= 11 is 3.57. The molecule has 2 rings (SSSR count). The highest BCUT2D eigenvalue weighted by atomic mass is 79.9. The van der Waals surface area contributed by atoms with E-state index in [9.17, 15) is 4.79 Å². The van der Waals surface area contributed by atoms with E-state index in [2.05, 4.69) is 34.7 Å². The highest BCUT2D eigenvalue weighted by molar-refractivity contribution is 9.10. The molecule has 0 saturated carbocycles. The highest BCUT2D eigenvalue weighted by Gasteiger charge is 2.21. The highest BCUT2D eigenvalue weighted by Crippen LogP contribution is 2.41. The first-order valence-corrected chi connectivity index (χ1v) is 8.70. The summed E-state index contributed by atoms with van der Waals surface area (Å²) in [5, 5.41) is 2.73. The Hall–Kier alpha value is -2.01. The van der Waals surface area contributed by atoms with Gasteiger partial charge in [-0.1, -0.05) is 55.4 Å². The summed E-state index contributed by atoms with van der Waals surface area (Å²) in [6.07, 6.45) is 6.15. The average molecular weight is 394 g/mol. The van der Waals surface area contributed by atoms with Crippen molar-refractivity contribution in [3.63, 3.8) is 0 Å². The monoisotopic (exact) mass is 393 g/mol. The number of carbonyl (C=O) groups is 1. The van der Waals surface area contributed by atoms with Crippen molar-refractivity contribution in [1.82, 2.24) is 5.32 Å². The molecular weight excluding hydrogens is 370 g/mol. The Labute approximate surface area is 152 Å². The molecule has 0 aliphatic carbocycles. The van der Waals surface area contributed by atoms with Crippen molar-refractivity contribution in [3.8, 4) is 11.5 Å². The zero-order chi connectivity index (χ0) is 18.1. The third kappa shape index (κ3) is 4.51. The zero-order valence-electron chi connectivity index (χ0n) is 14.6. The van der Waals surface area contributed by atoms with Crippen LogP contribution in [0.15, 0.2) is 52.7 Å². The van der Waals surface area contributed by atoms with Gasteiger partial charge < -0.3 is 14.8 Å². The van der Waals surface area contributed by atoms with E-state index in [1.54, 1.807) is 6.08 Å². The molecule has 1 heterocycles. The molecule has 0 bridgehead atoms. The van der Waals surface area contributed by atoms with Crippen LogP contribution >= 0.6 is 15.9 Å². The minimum Gasteiger partial charge on any atom is -0.454 e. The van der Waals surface area contributed by atoms with Crippen molar-refractivity contribution in [2.75, 3.05) is 6.79 Å². The molecule has 0 radical (unpaired) electrons. The van der Waals surface area contributed by atoms with Crippen LogP contribution in [0.5, 0.6) is 11.5 Å². The molecule has 24 heavy (non-hydrogen) atoms. The average Bonchev–Trinajstić information content (AvgIpc) is 3.04. The topological polar surface area (TPSA) is 47.6 Å². The molecule has 1 N–H and O–H groups in total. The quantitative estimate of drug-likeness (QED) is 0.541. The van der Waals surface area contributed by atoms with Crippen LogP contribution in [0.1, 0.15) is 39.2 Å². The maximum atomic E-state index is 10.8. The van der Waals surface area contributed by atoms with Gasteiger partial charge in [-0.15, -0.1) is 0 Å². The third-order valence-electron chi connectivity index (χ3n) is 3.50. The van der Waals surface area contributed by atoms with Crippen LogP contribution in [0.2, 0.25) is 0 Å². The molecule has 1 atom stereocenters. The number of fused-ring (bicyclic) bond motifs is 1. The predicted octanol–water partition coefficient (Wildman–Crippen LogP) is 5.07. The first-order chi connectivity index (χ1) is 11.6. The van der Waals surface area contributed by atoms with Gasteiger partial charge >= 0.3 is 0 Å². The van der Waals surface area contributed by atoms with Crippen LogP contribution < -0.4 is 14.8 Å².